The second kappa shape index (κ2) is 6.81. The molecule has 0 saturated carbocycles. The summed E-state index contributed by atoms with van der Waals surface area (Å²) in [5.41, 5.74) is 1.80. The molecule has 2 aromatic heterocycles. The number of rotatable bonds is 3. The molecule has 6 heteroatoms. The lowest BCUT2D eigenvalue weighted by atomic mass is 10.2. The Balaban J connectivity index is 1.68. The molecule has 0 amide bonds. The van der Waals surface area contributed by atoms with Crippen LogP contribution >= 0.6 is 44.8 Å². The van der Waals surface area contributed by atoms with Gasteiger partial charge in [-0.2, -0.15) is 0 Å². The average Bonchev–Trinajstić information content (AvgIpc) is 2.59. The van der Waals surface area contributed by atoms with Gasteiger partial charge in [0.15, 0.2) is 0 Å². The number of benzene rings is 2. The summed E-state index contributed by atoms with van der Waals surface area (Å²) >= 11 is 12.1. The smallest absolute Gasteiger partial charge is 0.0728 e. The number of hydrogen-bond donors (Lipinski definition) is 0. The number of halogens is 2. The van der Waals surface area contributed by atoms with Crippen LogP contribution in [0.2, 0.25) is 10.0 Å². The molecule has 0 fully saturated rings. The van der Waals surface area contributed by atoms with Crippen LogP contribution in [0, 0.1) is 0 Å². The summed E-state index contributed by atoms with van der Waals surface area (Å²) in [5, 5.41) is 3.59. The van der Waals surface area contributed by atoms with Crippen LogP contribution in [0.3, 0.4) is 0 Å². The molecule has 0 saturated heterocycles. The summed E-state index contributed by atoms with van der Waals surface area (Å²) in [6.45, 7) is 0. The van der Waals surface area contributed by atoms with E-state index in [1.165, 1.54) is 0 Å². The minimum Gasteiger partial charge on any atom is -0.256 e. The minimum atomic E-state index is 0.696. The fraction of sp³-hybridized carbons (Fsp3) is 0. The van der Waals surface area contributed by atoms with Crippen molar-refractivity contribution in [3.05, 3.63) is 71.0 Å². The fourth-order valence-electron chi connectivity index (χ4n) is 2.43. The third kappa shape index (κ3) is 3.20. The van der Waals surface area contributed by atoms with Gasteiger partial charge in [-0.25, -0.2) is 0 Å². The van der Waals surface area contributed by atoms with Gasteiger partial charge in [-0.1, -0.05) is 56.9 Å². The molecule has 4 rings (SSSR count). The van der Waals surface area contributed by atoms with E-state index in [0.29, 0.717) is 10.0 Å². The van der Waals surface area contributed by atoms with Crippen molar-refractivity contribution in [3.63, 3.8) is 0 Å². The van der Waals surface area contributed by atoms with E-state index in [-0.39, 0.29) is 0 Å². The first kappa shape index (κ1) is 16.0. The van der Waals surface area contributed by atoms with Crippen LogP contribution in [-0.4, -0.2) is 9.97 Å². The summed E-state index contributed by atoms with van der Waals surface area (Å²) in [4.78, 5) is 11.1. The van der Waals surface area contributed by atoms with E-state index in [9.17, 15) is 0 Å². The Labute approximate surface area is 157 Å². The van der Waals surface area contributed by atoms with Crippen molar-refractivity contribution in [3.8, 4) is 0 Å². The molecule has 0 atom stereocenters. The molecule has 0 aliphatic carbocycles. The molecule has 2 heterocycles. The fourth-order valence-corrected chi connectivity index (χ4v) is 5.11. The van der Waals surface area contributed by atoms with Gasteiger partial charge in [-0.3, -0.25) is 9.97 Å². The average molecular weight is 389 g/mol. The van der Waals surface area contributed by atoms with Crippen molar-refractivity contribution in [2.75, 3.05) is 0 Å². The highest BCUT2D eigenvalue weighted by Crippen LogP contribution is 2.42. The summed E-state index contributed by atoms with van der Waals surface area (Å²) in [5.74, 6) is 0. The normalized spacial score (nSPS) is 11.2. The second-order valence-electron chi connectivity index (χ2n) is 5.11. The number of fused-ring (bicyclic) bond motifs is 2. The van der Waals surface area contributed by atoms with E-state index < -0.39 is 0 Å². The molecule has 0 radical (unpaired) electrons. The van der Waals surface area contributed by atoms with Crippen molar-refractivity contribution in [2.45, 2.75) is 9.79 Å². The quantitative estimate of drug-likeness (QED) is 0.356. The second-order valence-corrected chi connectivity index (χ2v) is 8.19. The molecule has 2 aromatic carbocycles. The number of hydrogen-bond acceptors (Lipinski definition) is 4. The maximum atomic E-state index is 6.05. The monoisotopic (exact) mass is 388 g/mol. The van der Waals surface area contributed by atoms with E-state index in [0.717, 1.165) is 31.6 Å². The third-order valence-electron chi connectivity index (χ3n) is 3.55. The van der Waals surface area contributed by atoms with Crippen LogP contribution < -0.4 is 0 Å². The molecule has 0 bridgehead atoms. The van der Waals surface area contributed by atoms with Crippen molar-refractivity contribution in [2.24, 2.45) is 0 Å². The number of aromatic nitrogens is 2. The Bertz CT molecular complexity index is 968. The number of pyridine rings is 2. The lowest BCUT2D eigenvalue weighted by Crippen LogP contribution is -1.82. The molecule has 2 nitrogen and oxygen atoms in total. The Morgan fingerprint density at radius 3 is 1.54 bits per heavy atom. The van der Waals surface area contributed by atoms with E-state index in [2.05, 4.69) is 9.97 Å². The van der Waals surface area contributed by atoms with Crippen LogP contribution in [0.5, 0.6) is 0 Å². The zero-order chi connectivity index (χ0) is 16.5. The van der Waals surface area contributed by atoms with Gasteiger partial charge in [0.25, 0.3) is 0 Å². The molecule has 118 valence electrons. The zero-order valence-corrected chi connectivity index (χ0v) is 15.4. The van der Waals surface area contributed by atoms with Gasteiger partial charge in [0.2, 0.25) is 0 Å². The van der Waals surface area contributed by atoms with E-state index in [1.54, 1.807) is 21.6 Å². The van der Waals surface area contributed by atoms with Crippen LogP contribution in [0.15, 0.2) is 70.7 Å². The number of nitrogens with zero attached hydrogens (tertiary/aromatic N) is 2. The van der Waals surface area contributed by atoms with Gasteiger partial charge in [-0.15, -0.1) is 0 Å². The molecule has 4 aromatic rings. The van der Waals surface area contributed by atoms with Gasteiger partial charge >= 0.3 is 0 Å². The van der Waals surface area contributed by atoms with Crippen LogP contribution in [-0.2, 0) is 0 Å². The standard InChI is InChI=1S/C18H10Cl2N2S2/c19-11-1-3-13-15(9-11)21-7-5-17(13)23-24-18-6-8-22-16-10-12(20)2-4-14(16)18/h1-10H. The van der Waals surface area contributed by atoms with Gasteiger partial charge in [0.05, 0.1) is 11.0 Å². The third-order valence-corrected chi connectivity index (χ3v) is 6.50. The summed E-state index contributed by atoms with van der Waals surface area (Å²) in [6, 6.07) is 15.6. The summed E-state index contributed by atoms with van der Waals surface area (Å²) < 4.78 is 0. The van der Waals surface area contributed by atoms with Crippen LogP contribution in [0.25, 0.3) is 21.8 Å². The molecule has 24 heavy (non-hydrogen) atoms. The first-order chi connectivity index (χ1) is 11.7. The Morgan fingerprint density at radius 1 is 0.625 bits per heavy atom. The van der Waals surface area contributed by atoms with E-state index >= 15 is 0 Å². The predicted molar refractivity (Wildman–Crippen MR) is 105 cm³/mol. The van der Waals surface area contributed by atoms with E-state index in [4.69, 9.17) is 23.2 Å². The topological polar surface area (TPSA) is 25.8 Å². The molecule has 0 spiro atoms. The Hall–Kier alpha value is -1.46. The lowest BCUT2D eigenvalue weighted by molar-refractivity contribution is 1.35. The van der Waals surface area contributed by atoms with Gasteiger partial charge in [0.1, 0.15) is 0 Å². The van der Waals surface area contributed by atoms with Crippen molar-refractivity contribution in [1.29, 1.82) is 0 Å². The Kier molecular flexibility index (Phi) is 4.55. The van der Waals surface area contributed by atoms with Gasteiger partial charge < -0.3 is 0 Å². The lowest BCUT2D eigenvalue weighted by Gasteiger charge is -2.07. The summed E-state index contributed by atoms with van der Waals surface area (Å²) in [6.07, 6.45) is 3.62. The maximum absolute atomic E-state index is 6.05. The highest BCUT2D eigenvalue weighted by Gasteiger charge is 2.08. The molecule has 0 N–H and O–H groups in total. The van der Waals surface area contributed by atoms with E-state index in [1.807, 2.05) is 60.9 Å². The van der Waals surface area contributed by atoms with Crippen molar-refractivity contribution >= 4 is 66.6 Å². The minimum absolute atomic E-state index is 0.696. The molecular formula is C18H10Cl2N2S2. The largest absolute Gasteiger partial charge is 0.256 e. The van der Waals surface area contributed by atoms with Crippen LogP contribution in [0.4, 0.5) is 0 Å². The molecule has 0 aliphatic rings. The summed E-state index contributed by atoms with van der Waals surface area (Å²) in [7, 11) is 3.40. The first-order valence-electron chi connectivity index (χ1n) is 7.14. The predicted octanol–water partition coefficient (Wildman–Crippen LogP) is 6.89. The van der Waals surface area contributed by atoms with Gasteiger partial charge in [-0.05, 0) is 36.4 Å². The zero-order valence-electron chi connectivity index (χ0n) is 12.2. The first-order valence-corrected chi connectivity index (χ1v) is 10.0. The molecular weight excluding hydrogens is 379 g/mol. The molecule has 0 unspecified atom stereocenters. The highest BCUT2D eigenvalue weighted by molar-refractivity contribution is 8.76. The molecule has 0 aliphatic heterocycles. The maximum Gasteiger partial charge on any atom is 0.0728 e. The van der Waals surface area contributed by atoms with Gasteiger partial charge in [0, 0.05) is 43.0 Å². The van der Waals surface area contributed by atoms with Crippen molar-refractivity contribution < 1.29 is 0 Å². The SMILES string of the molecule is Clc1ccc2c(SSc3ccnc4cc(Cl)ccc34)ccnc2c1. The van der Waals surface area contributed by atoms with Crippen molar-refractivity contribution in [1.82, 2.24) is 9.97 Å². The Morgan fingerprint density at radius 2 is 1.08 bits per heavy atom. The highest BCUT2D eigenvalue weighted by atomic mass is 35.5. The van der Waals surface area contributed by atoms with Crippen LogP contribution in [0.1, 0.15) is 0 Å².